The molecule has 0 saturated heterocycles. The first-order chi connectivity index (χ1) is 4.42. The van der Waals surface area contributed by atoms with E-state index < -0.39 is 0 Å². The number of nitriles is 1. The van der Waals surface area contributed by atoms with E-state index in [-0.39, 0.29) is 5.92 Å². The molecule has 0 amide bonds. The normalized spacial score (nSPS) is 43.7. The van der Waals surface area contributed by atoms with Crippen molar-refractivity contribution in [3.05, 3.63) is 24.3 Å². The highest BCUT2D eigenvalue weighted by Gasteiger charge is 2.32. The third kappa shape index (κ3) is 0.478. The highest BCUT2D eigenvalue weighted by molar-refractivity contribution is 5.29. The minimum absolute atomic E-state index is 0.227. The molecule has 0 aromatic rings. The van der Waals surface area contributed by atoms with Gasteiger partial charge in [0, 0.05) is 11.8 Å². The molecule has 2 bridgehead atoms. The first-order valence-corrected chi connectivity index (χ1v) is 3.18. The first kappa shape index (κ1) is 4.81. The zero-order valence-electron chi connectivity index (χ0n) is 4.99. The van der Waals surface area contributed by atoms with Crippen molar-refractivity contribution in [3.63, 3.8) is 0 Å². The average Bonchev–Trinajstić information content (AvgIpc) is 2.44. The lowest BCUT2D eigenvalue weighted by molar-refractivity contribution is 0.576. The second-order valence-corrected chi connectivity index (χ2v) is 2.58. The summed E-state index contributed by atoms with van der Waals surface area (Å²) in [5.41, 5.74) is 0. The molecule has 0 aromatic carbocycles. The van der Waals surface area contributed by atoms with Crippen molar-refractivity contribution < 1.29 is 0 Å². The van der Waals surface area contributed by atoms with Crippen molar-refractivity contribution in [1.82, 2.24) is 0 Å². The van der Waals surface area contributed by atoms with Crippen molar-refractivity contribution in [3.8, 4) is 6.07 Å². The van der Waals surface area contributed by atoms with E-state index in [0.29, 0.717) is 11.8 Å². The summed E-state index contributed by atoms with van der Waals surface area (Å²) in [6, 6.07) is 2.30. The van der Waals surface area contributed by atoms with Crippen LogP contribution in [0.2, 0.25) is 0 Å². The number of nitrogens with zero attached hydrogens (tertiary/aromatic N) is 1. The number of hydrogen-bond donors (Lipinski definition) is 0. The molecule has 44 valence electrons. The quantitative estimate of drug-likeness (QED) is 0.441. The summed E-state index contributed by atoms with van der Waals surface area (Å²) in [6.07, 6.45) is 8.49. The lowest BCUT2D eigenvalue weighted by Crippen LogP contribution is -2.03. The van der Waals surface area contributed by atoms with Gasteiger partial charge in [-0.05, 0) is 0 Å². The number of allylic oxidation sites excluding steroid dienone is 4. The van der Waals surface area contributed by atoms with Crippen molar-refractivity contribution in [2.75, 3.05) is 0 Å². The fourth-order valence-electron chi connectivity index (χ4n) is 1.55. The Morgan fingerprint density at radius 1 is 1.00 bits per heavy atom. The van der Waals surface area contributed by atoms with Crippen molar-refractivity contribution in [2.45, 2.75) is 0 Å². The van der Waals surface area contributed by atoms with E-state index in [1.165, 1.54) is 0 Å². The summed E-state index contributed by atoms with van der Waals surface area (Å²) in [5, 5.41) is 8.62. The van der Waals surface area contributed by atoms with Gasteiger partial charge >= 0.3 is 0 Å². The highest BCUT2D eigenvalue weighted by atomic mass is 14.4. The smallest absolute Gasteiger partial charge is 0.0674 e. The molecule has 2 rings (SSSR count). The Bertz CT molecular complexity index is 189. The molecule has 1 heteroatoms. The standard InChI is InChI=1S/C8H7N/c9-5-8-6-1-2-7(8)4-3-6/h1-4,6-8H. The predicted molar refractivity (Wildman–Crippen MR) is 34.4 cm³/mol. The third-order valence-corrected chi connectivity index (χ3v) is 2.09. The molecule has 0 atom stereocenters. The van der Waals surface area contributed by atoms with Gasteiger partial charge in [0.25, 0.3) is 0 Å². The second kappa shape index (κ2) is 1.48. The summed E-state index contributed by atoms with van der Waals surface area (Å²) < 4.78 is 0. The van der Waals surface area contributed by atoms with Crippen LogP contribution in [0.5, 0.6) is 0 Å². The van der Waals surface area contributed by atoms with Crippen LogP contribution >= 0.6 is 0 Å². The van der Waals surface area contributed by atoms with Crippen LogP contribution in [0.1, 0.15) is 0 Å². The number of hydrogen-bond acceptors (Lipinski definition) is 1. The molecule has 0 radical (unpaired) electrons. The van der Waals surface area contributed by atoms with E-state index in [1.54, 1.807) is 0 Å². The van der Waals surface area contributed by atoms with Crippen LogP contribution < -0.4 is 0 Å². The Labute approximate surface area is 54.3 Å². The molecule has 9 heavy (non-hydrogen) atoms. The number of rotatable bonds is 0. The zero-order valence-corrected chi connectivity index (χ0v) is 4.99. The molecule has 0 fully saturated rings. The van der Waals surface area contributed by atoms with E-state index in [0.717, 1.165) is 0 Å². The van der Waals surface area contributed by atoms with Crippen LogP contribution in [0.15, 0.2) is 24.3 Å². The lowest BCUT2D eigenvalue weighted by Gasteiger charge is -2.02. The Morgan fingerprint density at radius 3 is 1.67 bits per heavy atom. The summed E-state index contributed by atoms with van der Waals surface area (Å²) in [6.45, 7) is 0. The molecule has 0 spiro atoms. The SMILES string of the molecule is N#CC1C2C=CC1C=C2. The molecule has 0 aliphatic heterocycles. The predicted octanol–water partition coefficient (Wildman–Crippen LogP) is 1.50. The van der Waals surface area contributed by atoms with Gasteiger partial charge in [-0.25, -0.2) is 0 Å². The van der Waals surface area contributed by atoms with Crippen molar-refractivity contribution >= 4 is 0 Å². The number of fused-ring (bicyclic) bond motifs is 2. The monoisotopic (exact) mass is 117 g/mol. The molecule has 2 aliphatic carbocycles. The Morgan fingerprint density at radius 2 is 1.44 bits per heavy atom. The first-order valence-electron chi connectivity index (χ1n) is 3.18. The van der Waals surface area contributed by atoms with Crippen LogP contribution in [0.3, 0.4) is 0 Å². The molecule has 1 nitrogen and oxygen atoms in total. The zero-order chi connectivity index (χ0) is 6.27. The molecule has 0 aromatic heterocycles. The Hall–Kier alpha value is -1.03. The van der Waals surface area contributed by atoms with Crippen LogP contribution in [-0.4, -0.2) is 0 Å². The lowest BCUT2D eigenvalue weighted by atomic mass is 9.97. The second-order valence-electron chi connectivity index (χ2n) is 2.58. The summed E-state index contributed by atoms with van der Waals surface area (Å²) >= 11 is 0. The van der Waals surface area contributed by atoms with Crippen LogP contribution in [0.4, 0.5) is 0 Å². The van der Waals surface area contributed by atoms with E-state index in [4.69, 9.17) is 5.26 Å². The maximum absolute atomic E-state index is 8.62. The molecule has 2 aliphatic rings. The topological polar surface area (TPSA) is 23.8 Å². The van der Waals surface area contributed by atoms with Gasteiger partial charge in [0.05, 0.1) is 12.0 Å². The van der Waals surface area contributed by atoms with E-state index in [1.807, 2.05) is 0 Å². The average molecular weight is 117 g/mol. The third-order valence-electron chi connectivity index (χ3n) is 2.09. The molecular weight excluding hydrogens is 110 g/mol. The summed E-state index contributed by atoms with van der Waals surface area (Å²) in [7, 11) is 0. The van der Waals surface area contributed by atoms with Gasteiger partial charge in [0.2, 0.25) is 0 Å². The van der Waals surface area contributed by atoms with Gasteiger partial charge in [-0.3, -0.25) is 0 Å². The van der Waals surface area contributed by atoms with Crippen LogP contribution in [0, 0.1) is 29.1 Å². The van der Waals surface area contributed by atoms with Crippen LogP contribution in [0.25, 0.3) is 0 Å². The Kier molecular flexibility index (Phi) is 0.790. The van der Waals surface area contributed by atoms with Gasteiger partial charge < -0.3 is 0 Å². The molecule has 0 saturated carbocycles. The minimum atomic E-state index is 0.227. The maximum atomic E-state index is 8.62. The summed E-state index contributed by atoms with van der Waals surface area (Å²) in [5.74, 6) is 1.09. The van der Waals surface area contributed by atoms with Crippen LogP contribution in [-0.2, 0) is 0 Å². The van der Waals surface area contributed by atoms with Gasteiger partial charge in [0.1, 0.15) is 0 Å². The van der Waals surface area contributed by atoms with Crippen molar-refractivity contribution in [2.24, 2.45) is 17.8 Å². The highest BCUT2D eigenvalue weighted by Crippen LogP contribution is 2.37. The fourth-order valence-corrected chi connectivity index (χ4v) is 1.55. The summed E-state index contributed by atoms with van der Waals surface area (Å²) in [4.78, 5) is 0. The van der Waals surface area contributed by atoms with Gasteiger partial charge in [-0.2, -0.15) is 5.26 Å². The molecule has 0 N–H and O–H groups in total. The van der Waals surface area contributed by atoms with E-state index in [2.05, 4.69) is 30.4 Å². The fraction of sp³-hybridized carbons (Fsp3) is 0.375. The molecular formula is C8H7N. The van der Waals surface area contributed by atoms with E-state index >= 15 is 0 Å². The van der Waals surface area contributed by atoms with Crippen molar-refractivity contribution in [1.29, 1.82) is 5.26 Å². The molecule has 0 unspecified atom stereocenters. The van der Waals surface area contributed by atoms with E-state index in [9.17, 15) is 0 Å². The van der Waals surface area contributed by atoms with Gasteiger partial charge in [0.15, 0.2) is 0 Å². The Balaban J connectivity index is 2.32. The molecule has 0 heterocycles. The van der Waals surface area contributed by atoms with Gasteiger partial charge in [-0.1, -0.05) is 24.3 Å². The minimum Gasteiger partial charge on any atom is -0.198 e. The maximum Gasteiger partial charge on any atom is 0.0674 e. The van der Waals surface area contributed by atoms with Gasteiger partial charge in [-0.15, -0.1) is 0 Å². The largest absolute Gasteiger partial charge is 0.198 e.